The van der Waals surface area contributed by atoms with Gasteiger partial charge in [-0.1, -0.05) is 0 Å². The lowest BCUT2D eigenvalue weighted by Crippen LogP contribution is -2.04. The van der Waals surface area contributed by atoms with Crippen LogP contribution in [0.15, 0.2) is 24.5 Å². The van der Waals surface area contributed by atoms with Gasteiger partial charge in [0, 0.05) is 24.0 Å². The number of hydrogen-bond acceptors (Lipinski definition) is 4. The van der Waals surface area contributed by atoms with E-state index < -0.39 is 0 Å². The molecule has 0 saturated carbocycles. The first-order valence-electron chi connectivity index (χ1n) is 5.40. The number of rotatable bonds is 3. The Morgan fingerprint density at radius 3 is 2.88 bits per heavy atom. The molecule has 5 heteroatoms. The Morgan fingerprint density at radius 2 is 2.18 bits per heavy atom. The van der Waals surface area contributed by atoms with Gasteiger partial charge in [-0.3, -0.25) is 4.98 Å². The van der Waals surface area contributed by atoms with Crippen LogP contribution in [0.25, 0.3) is 11.3 Å². The van der Waals surface area contributed by atoms with Gasteiger partial charge in [-0.15, -0.1) is 0 Å². The van der Waals surface area contributed by atoms with E-state index in [1.54, 1.807) is 18.3 Å². The molecule has 0 unspecified atom stereocenters. The lowest BCUT2D eigenvalue weighted by Gasteiger charge is -2.07. The average molecular weight is 232 g/mol. The van der Waals surface area contributed by atoms with E-state index in [9.17, 15) is 4.39 Å². The Bertz CT molecular complexity index is 528. The normalized spacial score (nSPS) is 10.3. The van der Waals surface area contributed by atoms with Crippen LogP contribution in [0.2, 0.25) is 0 Å². The van der Waals surface area contributed by atoms with Gasteiger partial charge in [0.15, 0.2) is 5.82 Å². The van der Waals surface area contributed by atoms with Gasteiger partial charge in [0.2, 0.25) is 5.95 Å². The Balaban J connectivity index is 2.48. The molecule has 17 heavy (non-hydrogen) atoms. The zero-order valence-corrected chi connectivity index (χ0v) is 9.74. The second kappa shape index (κ2) is 4.86. The van der Waals surface area contributed by atoms with E-state index in [0.717, 1.165) is 12.2 Å². The fourth-order valence-electron chi connectivity index (χ4n) is 1.53. The molecule has 0 aliphatic heterocycles. The zero-order chi connectivity index (χ0) is 12.3. The molecule has 0 saturated heterocycles. The van der Waals surface area contributed by atoms with Crippen molar-refractivity contribution in [2.24, 2.45) is 0 Å². The number of anilines is 1. The molecule has 0 amide bonds. The molecular formula is C12H13FN4. The summed E-state index contributed by atoms with van der Waals surface area (Å²) in [5.41, 5.74) is 1.79. The molecule has 0 radical (unpaired) electrons. The van der Waals surface area contributed by atoms with E-state index in [1.807, 2.05) is 13.8 Å². The summed E-state index contributed by atoms with van der Waals surface area (Å²) in [4.78, 5) is 12.2. The molecule has 4 nitrogen and oxygen atoms in total. The topological polar surface area (TPSA) is 50.7 Å². The van der Waals surface area contributed by atoms with Crippen molar-refractivity contribution in [3.8, 4) is 11.3 Å². The molecule has 0 atom stereocenters. The molecule has 0 aliphatic carbocycles. The summed E-state index contributed by atoms with van der Waals surface area (Å²) >= 11 is 0. The number of nitrogens with one attached hydrogen (secondary N) is 1. The largest absolute Gasteiger partial charge is 0.354 e. The molecule has 0 spiro atoms. The molecule has 2 aromatic heterocycles. The minimum Gasteiger partial charge on any atom is -0.354 e. The summed E-state index contributed by atoms with van der Waals surface area (Å²) in [6.45, 7) is 4.53. The summed E-state index contributed by atoms with van der Waals surface area (Å²) in [7, 11) is 0. The summed E-state index contributed by atoms with van der Waals surface area (Å²) in [5.74, 6) is 0.131. The maximum atomic E-state index is 13.6. The number of aryl methyl sites for hydroxylation is 1. The van der Waals surface area contributed by atoms with Crippen molar-refractivity contribution in [3.05, 3.63) is 36.0 Å². The molecule has 0 bridgehead atoms. The fourth-order valence-corrected chi connectivity index (χ4v) is 1.53. The molecule has 0 aliphatic rings. The Kier molecular flexibility index (Phi) is 3.27. The van der Waals surface area contributed by atoms with Crippen LogP contribution in [0.5, 0.6) is 0 Å². The van der Waals surface area contributed by atoms with Gasteiger partial charge in [-0.25, -0.2) is 14.4 Å². The Labute approximate surface area is 99.0 Å². The van der Waals surface area contributed by atoms with Crippen molar-refractivity contribution < 1.29 is 4.39 Å². The first-order chi connectivity index (χ1) is 8.20. The van der Waals surface area contributed by atoms with Gasteiger partial charge in [0.1, 0.15) is 0 Å². The van der Waals surface area contributed by atoms with Crippen molar-refractivity contribution in [3.63, 3.8) is 0 Å². The lowest BCUT2D eigenvalue weighted by molar-refractivity contribution is 0.624. The standard InChI is InChI=1S/C12H13FN4/c1-3-15-12-16-8(2)6-11(17-12)9-4-5-14-7-10(9)13/h4-7H,3H2,1-2H3,(H,15,16,17). The van der Waals surface area contributed by atoms with Gasteiger partial charge < -0.3 is 5.32 Å². The molecule has 2 heterocycles. The molecule has 0 fully saturated rings. The van der Waals surface area contributed by atoms with E-state index >= 15 is 0 Å². The highest BCUT2D eigenvalue weighted by atomic mass is 19.1. The lowest BCUT2D eigenvalue weighted by atomic mass is 10.1. The van der Waals surface area contributed by atoms with Crippen molar-refractivity contribution in [2.45, 2.75) is 13.8 Å². The van der Waals surface area contributed by atoms with Crippen molar-refractivity contribution in [1.82, 2.24) is 15.0 Å². The predicted octanol–water partition coefficient (Wildman–Crippen LogP) is 2.42. The minimum absolute atomic E-state index is 0.381. The molecular weight excluding hydrogens is 219 g/mol. The first kappa shape index (κ1) is 11.4. The molecule has 1 N–H and O–H groups in total. The van der Waals surface area contributed by atoms with Crippen LogP contribution in [-0.2, 0) is 0 Å². The van der Waals surface area contributed by atoms with Crippen LogP contribution in [0.3, 0.4) is 0 Å². The maximum Gasteiger partial charge on any atom is 0.223 e. The summed E-state index contributed by atoms with van der Waals surface area (Å²) in [6.07, 6.45) is 2.72. The van der Waals surface area contributed by atoms with Crippen LogP contribution >= 0.6 is 0 Å². The Morgan fingerprint density at radius 1 is 1.35 bits per heavy atom. The number of halogens is 1. The summed E-state index contributed by atoms with van der Waals surface area (Å²) < 4.78 is 13.6. The van der Waals surface area contributed by atoms with Crippen LogP contribution in [0.4, 0.5) is 10.3 Å². The highest BCUT2D eigenvalue weighted by Crippen LogP contribution is 2.21. The number of nitrogens with zero attached hydrogens (tertiary/aromatic N) is 3. The predicted molar refractivity (Wildman–Crippen MR) is 64.1 cm³/mol. The van der Waals surface area contributed by atoms with Crippen LogP contribution in [0, 0.1) is 12.7 Å². The highest BCUT2D eigenvalue weighted by molar-refractivity contribution is 5.60. The maximum absolute atomic E-state index is 13.6. The number of aromatic nitrogens is 3. The van der Waals surface area contributed by atoms with Crippen LogP contribution in [0.1, 0.15) is 12.6 Å². The minimum atomic E-state index is -0.381. The third-order valence-corrected chi connectivity index (χ3v) is 2.24. The van der Waals surface area contributed by atoms with E-state index in [2.05, 4.69) is 20.3 Å². The highest BCUT2D eigenvalue weighted by Gasteiger charge is 2.08. The van der Waals surface area contributed by atoms with Crippen molar-refractivity contribution in [1.29, 1.82) is 0 Å². The summed E-state index contributed by atoms with van der Waals surface area (Å²) in [5, 5.41) is 3.02. The van der Waals surface area contributed by atoms with E-state index in [1.165, 1.54) is 6.20 Å². The third kappa shape index (κ3) is 2.55. The van der Waals surface area contributed by atoms with E-state index in [-0.39, 0.29) is 5.82 Å². The van der Waals surface area contributed by atoms with E-state index in [4.69, 9.17) is 0 Å². The monoisotopic (exact) mass is 232 g/mol. The third-order valence-electron chi connectivity index (χ3n) is 2.24. The van der Waals surface area contributed by atoms with Gasteiger partial charge in [-0.05, 0) is 26.0 Å². The molecule has 2 rings (SSSR count). The fraction of sp³-hybridized carbons (Fsp3) is 0.250. The SMILES string of the molecule is CCNc1nc(C)cc(-c2ccncc2F)n1. The van der Waals surface area contributed by atoms with E-state index in [0.29, 0.717) is 17.2 Å². The second-order valence-electron chi connectivity index (χ2n) is 3.60. The van der Waals surface area contributed by atoms with Crippen LogP contribution < -0.4 is 5.32 Å². The molecule has 0 aromatic carbocycles. The van der Waals surface area contributed by atoms with Crippen molar-refractivity contribution in [2.75, 3.05) is 11.9 Å². The zero-order valence-electron chi connectivity index (χ0n) is 9.74. The van der Waals surface area contributed by atoms with Gasteiger partial charge in [0.05, 0.1) is 11.9 Å². The summed E-state index contributed by atoms with van der Waals surface area (Å²) in [6, 6.07) is 3.35. The van der Waals surface area contributed by atoms with Gasteiger partial charge in [0.25, 0.3) is 0 Å². The second-order valence-corrected chi connectivity index (χ2v) is 3.60. The first-order valence-corrected chi connectivity index (χ1v) is 5.40. The van der Waals surface area contributed by atoms with Gasteiger partial charge in [-0.2, -0.15) is 0 Å². The number of pyridine rings is 1. The smallest absolute Gasteiger partial charge is 0.223 e. The van der Waals surface area contributed by atoms with Crippen LogP contribution in [-0.4, -0.2) is 21.5 Å². The van der Waals surface area contributed by atoms with Gasteiger partial charge >= 0.3 is 0 Å². The average Bonchev–Trinajstić information content (AvgIpc) is 2.29. The number of hydrogen-bond donors (Lipinski definition) is 1. The van der Waals surface area contributed by atoms with Crippen molar-refractivity contribution >= 4 is 5.95 Å². The molecule has 2 aromatic rings. The molecule has 88 valence electrons. The quantitative estimate of drug-likeness (QED) is 0.883. The Hall–Kier alpha value is -2.04.